The molecule has 0 saturated carbocycles. The third-order valence-electron chi connectivity index (χ3n) is 10.9. The van der Waals surface area contributed by atoms with Crippen LogP contribution >= 0.6 is 0 Å². The van der Waals surface area contributed by atoms with Gasteiger partial charge in [0.05, 0.1) is 12.2 Å². The van der Waals surface area contributed by atoms with Crippen LogP contribution in [0.15, 0.2) is 124 Å². The van der Waals surface area contributed by atoms with E-state index in [1.165, 1.54) is 77.4 Å². The second-order valence-corrected chi connectivity index (χ2v) is 23.4. The van der Waals surface area contributed by atoms with Crippen molar-refractivity contribution in [3.8, 4) is 0 Å². The average Bonchev–Trinajstić information content (AvgIpc) is 3.92. The number of carbonyl (C=O) groups is 4. The minimum absolute atomic E-state index is 0.116. The minimum Gasteiger partial charge on any atom is -0.544 e. The minimum atomic E-state index is -1.43. The van der Waals surface area contributed by atoms with Crippen LogP contribution in [0.2, 0.25) is 19.6 Å². The number of hydrogen-bond acceptors (Lipinski definition) is 18. The van der Waals surface area contributed by atoms with E-state index in [-0.39, 0.29) is 35.5 Å². The number of aliphatic hydroxyl groups excluding tert-OH is 4. The smallest absolute Gasteiger partial charge is 0.242 e. The Bertz CT molecular complexity index is 1820. The molecule has 0 aromatic heterocycles. The number of rotatable bonds is 22. The van der Waals surface area contributed by atoms with E-state index < -0.39 is 87.0 Å². The van der Waals surface area contributed by atoms with Gasteiger partial charge in [-0.15, -0.1) is 52.6 Å². The summed E-state index contributed by atoms with van der Waals surface area (Å²) >= 11 is 0. The van der Waals surface area contributed by atoms with Gasteiger partial charge in [-0.05, 0) is 101 Å². The van der Waals surface area contributed by atoms with Crippen molar-refractivity contribution in [1.82, 2.24) is 0 Å². The molecule has 0 amide bonds. The van der Waals surface area contributed by atoms with Gasteiger partial charge in [-0.2, -0.15) is 0 Å². The molecule has 0 spiro atoms. The van der Waals surface area contributed by atoms with Crippen LogP contribution < -0.4 is 0 Å². The lowest BCUT2D eigenvalue weighted by Crippen LogP contribution is -2.44. The molecule has 3 rings (SSSR count). The zero-order valence-electron chi connectivity index (χ0n) is 49.5. The molecule has 3 aliphatic rings. The molecule has 2 saturated heterocycles. The molecule has 4 N–H and O–H groups in total. The highest BCUT2D eigenvalue weighted by Gasteiger charge is 2.47. The van der Waals surface area contributed by atoms with E-state index in [4.69, 9.17) is 42.3 Å². The van der Waals surface area contributed by atoms with Crippen molar-refractivity contribution in [2.75, 3.05) is 28.4 Å². The summed E-state index contributed by atoms with van der Waals surface area (Å²) in [5.41, 5.74) is 1.88. The van der Waals surface area contributed by atoms with E-state index in [9.17, 15) is 39.6 Å². The second kappa shape index (κ2) is 40.6. The third kappa shape index (κ3) is 29.8. The summed E-state index contributed by atoms with van der Waals surface area (Å²) < 4.78 is 52.4. The van der Waals surface area contributed by atoms with Gasteiger partial charge in [0.15, 0.2) is 47.4 Å². The van der Waals surface area contributed by atoms with Crippen molar-refractivity contribution >= 4 is 32.0 Å². The Morgan fingerprint density at radius 1 is 0.649 bits per heavy atom. The Labute approximate surface area is 462 Å². The predicted octanol–water partition coefficient (Wildman–Crippen LogP) is 7.99. The molecule has 3 aliphatic heterocycles. The maximum Gasteiger partial charge on any atom is 0.242 e. The van der Waals surface area contributed by atoms with Gasteiger partial charge in [-0.1, -0.05) is 49.5 Å². The van der Waals surface area contributed by atoms with E-state index in [1.54, 1.807) is 47.8 Å². The molecule has 77 heavy (non-hydrogen) atoms. The van der Waals surface area contributed by atoms with Gasteiger partial charge in [0.1, 0.15) is 72.9 Å². The molecule has 0 aromatic carbocycles. The Kier molecular flexibility index (Phi) is 41.6. The molecule has 442 valence electrons. The molecule has 14 atom stereocenters. The lowest BCUT2D eigenvalue weighted by molar-refractivity contribution is -0.157. The van der Waals surface area contributed by atoms with E-state index in [0.29, 0.717) is 11.9 Å². The van der Waals surface area contributed by atoms with E-state index in [1.807, 2.05) is 26.8 Å². The fraction of sp³-hybridized carbons (Fsp3) is 0.586. The Morgan fingerprint density at radius 2 is 1.05 bits per heavy atom. The highest BCUT2D eigenvalue weighted by molar-refractivity contribution is 6.70. The number of Topliss-reactive ketones (excluding diaryl/α,β-unsaturated/α-hetero) is 3. The van der Waals surface area contributed by atoms with Gasteiger partial charge in [-0.25, -0.2) is 0 Å². The molecule has 3 heterocycles. The van der Waals surface area contributed by atoms with Crippen molar-refractivity contribution in [3.63, 3.8) is 0 Å². The van der Waals surface area contributed by atoms with Gasteiger partial charge >= 0.3 is 0 Å². The molecular weight excluding hydrogens is 1010 g/mol. The highest BCUT2D eigenvalue weighted by Crippen LogP contribution is 2.33. The maximum atomic E-state index is 11.6. The summed E-state index contributed by atoms with van der Waals surface area (Å²) in [5.74, 6) is -1.03. The number of ketones is 3. The maximum absolute atomic E-state index is 11.6. The van der Waals surface area contributed by atoms with Crippen LogP contribution in [0.4, 0.5) is 0 Å². The van der Waals surface area contributed by atoms with Crippen molar-refractivity contribution in [1.29, 1.82) is 0 Å². The lowest BCUT2D eigenvalue weighted by atomic mass is 9.90. The highest BCUT2D eigenvalue weighted by atomic mass is 28.4. The van der Waals surface area contributed by atoms with Crippen LogP contribution in [-0.2, 0) is 66.2 Å². The largest absolute Gasteiger partial charge is 0.544 e. The first-order valence-corrected chi connectivity index (χ1v) is 28.3. The number of allylic oxidation sites excluding steroid dienone is 4. The lowest BCUT2D eigenvalue weighted by Gasteiger charge is -2.31. The normalized spacial score (nSPS) is 24.2. The summed E-state index contributed by atoms with van der Waals surface area (Å²) in [6, 6.07) is 0. The van der Waals surface area contributed by atoms with Crippen molar-refractivity contribution in [2.45, 2.75) is 187 Å². The van der Waals surface area contributed by atoms with Gasteiger partial charge in [0.2, 0.25) is 8.32 Å². The first-order valence-electron chi connectivity index (χ1n) is 24.8. The summed E-state index contributed by atoms with van der Waals surface area (Å²) in [7, 11) is 4.47. The Morgan fingerprint density at radius 3 is 1.30 bits per heavy atom. The summed E-state index contributed by atoms with van der Waals surface area (Å²) in [6.45, 7) is 52.8. The quantitative estimate of drug-likeness (QED) is 0.0264. The molecule has 0 radical (unpaired) electrons. The SMILES string of the molecule is C/C=C(O[Si](C)(C)C)/C(C)=C/C.C=C.C=C[C@@H](C=O)OC.C=C[C@H](O)C1OC(C)(C)O[C@H]1[C@@H](O)C=C.C=C[C@H](OC)C(O)[C@@H](O)[C@H](C=C)OC.C=C[C@H](OC)C1OC=C(C)C(=O)[C@H]1C.CC(=O)C1OC(C)(C)O[C@H]1C(C)=O. The predicted molar refractivity (Wildman–Crippen MR) is 305 cm³/mol. The van der Waals surface area contributed by atoms with Crippen LogP contribution in [0.5, 0.6) is 0 Å². The molecule has 18 nitrogen and oxygen atoms in total. The number of methoxy groups -OCH3 is 4. The monoisotopic (exact) mass is 1110 g/mol. The first-order chi connectivity index (χ1) is 35.7. The summed E-state index contributed by atoms with van der Waals surface area (Å²) in [5, 5.41) is 38.5. The number of aliphatic hydroxyl groups is 4. The van der Waals surface area contributed by atoms with Gasteiger partial charge in [-0.3, -0.25) is 14.4 Å². The van der Waals surface area contributed by atoms with Crippen LogP contribution in [-0.4, -0.2) is 172 Å². The summed E-state index contributed by atoms with van der Waals surface area (Å²) in [6.07, 6.45) is 6.16. The van der Waals surface area contributed by atoms with Gasteiger partial charge in [0.25, 0.3) is 0 Å². The fourth-order valence-electron chi connectivity index (χ4n) is 6.75. The van der Waals surface area contributed by atoms with Crippen LogP contribution in [0.3, 0.4) is 0 Å². The number of aldehydes is 1. The Balaban J connectivity index is -0.000000417. The second-order valence-electron chi connectivity index (χ2n) is 19.0. The van der Waals surface area contributed by atoms with Crippen molar-refractivity contribution < 1.29 is 86.7 Å². The fourth-order valence-corrected chi connectivity index (χ4v) is 7.68. The third-order valence-corrected chi connectivity index (χ3v) is 11.7. The topological polar surface area (TPSA) is 241 Å². The molecule has 0 aromatic rings. The molecular formula is C58H98O18Si. The average molecular weight is 1110 g/mol. The van der Waals surface area contributed by atoms with Crippen LogP contribution in [0.25, 0.3) is 0 Å². The summed E-state index contributed by atoms with van der Waals surface area (Å²) in [4.78, 5) is 43.6. The number of hydrogen-bond donors (Lipinski definition) is 4. The molecule has 0 bridgehead atoms. The molecule has 19 heteroatoms. The number of carbonyl (C=O) groups excluding carboxylic acids is 4. The van der Waals surface area contributed by atoms with Crippen molar-refractivity contribution in [3.05, 3.63) is 124 Å². The molecule has 4 unspecified atom stereocenters. The van der Waals surface area contributed by atoms with Crippen molar-refractivity contribution in [2.24, 2.45) is 5.92 Å². The molecule has 0 aliphatic carbocycles. The standard InChI is InChI=1S/C11H18O4.C11H16O3.C10H18O4.C10H20OSi.C9H14O4.C5H8O2.C2H4/c1-5-7(12)9-10(8(13)6-2)15-11(3,4)14-9;1-5-9(13-4)11-8(3)10(12)7(2)6-14-11;1-5-7(13-3)9(11)10(12)8(6-2)14-4;1-7-9(3)10(8-2)11-12(4,5)6;1-5(10)7-8(6(2)11)13-9(3,4)12-7;1-3-5(4-6)7-2;1-2/h5-10,12-13H,1-2H2,3-4H3;5-6,8-9,11H,1H2,2-4H3;5-12H,1-2H2,3-4H3;7-8H,1-6H3;7-8H,1-4H3;3-5H,1H2,2H3;1-2H2/b;;;9-7+,10-8-;;;/t7-,8-,9-,10?;8-,9+,11?;7-,8-,9-,10?;;7-,8?;5-;/m010.00./s1. The number of ether oxygens (including phenoxy) is 9. The zero-order chi connectivity index (χ0) is 61.2. The van der Waals surface area contributed by atoms with Gasteiger partial charge in [0, 0.05) is 34.0 Å². The zero-order valence-corrected chi connectivity index (χ0v) is 50.5. The first kappa shape index (κ1) is 78.9. The Hall–Kier alpha value is -4.58. The van der Waals surface area contributed by atoms with Crippen LogP contribution in [0, 0.1) is 5.92 Å². The van der Waals surface area contributed by atoms with Crippen LogP contribution in [0.1, 0.15) is 76.2 Å². The molecule has 2 fully saturated rings. The van der Waals surface area contributed by atoms with E-state index in [2.05, 4.69) is 90.0 Å². The van der Waals surface area contributed by atoms with E-state index in [0.717, 1.165) is 5.76 Å². The van der Waals surface area contributed by atoms with E-state index >= 15 is 0 Å². The van der Waals surface area contributed by atoms with Gasteiger partial charge < -0.3 is 72.3 Å².